The number of hydrogen-bond donors (Lipinski definition) is 2. The molecule has 0 aliphatic rings. The van der Waals surface area contributed by atoms with E-state index in [2.05, 4.69) is 35.7 Å². The van der Waals surface area contributed by atoms with Crippen molar-refractivity contribution in [2.24, 2.45) is 5.73 Å². The molecule has 0 aliphatic heterocycles. The number of imidazole rings is 1. The van der Waals surface area contributed by atoms with Gasteiger partial charge in [-0.2, -0.15) is 0 Å². The third-order valence-corrected chi connectivity index (χ3v) is 5.04. The monoisotopic (exact) mass is 401 g/mol. The van der Waals surface area contributed by atoms with Crippen LogP contribution in [0, 0.1) is 6.92 Å². The summed E-state index contributed by atoms with van der Waals surface area (Å²) in [5.41, 5.74) is 9.22. The molecule has 4 aromatic rings. The predicted octanol–water partition coefficient (Wildman–Crippen LogP) is 3.48. The molecule has 0 radical (unpaired) electrons. The van der Waals surface area contributed by atoms with E-state index in [0.717, 1.165) is 16.7 Å². The number of aryl methyl sites for hydroxylation is 1. The fraction of sp³-hybridized carbons (Fsp3) is 0.217. The molecule has 0 aliphatic carbocycles. The van der Waals surface area contributed by atoms with Crippen molar-refractivity contribution >= 4 is 17.1 Å². The number of amides is 1. The quantitative estimate of drug-likeness (QED) is 0.548. The van der Waals surface area contributed by atoms with Gasteiger partial charge in [0, 0.05) is 5.56 Å². The van der Waals surface area contributed by atoms with Crippen LogP contribution in [0.5, 0.6) is 0 Å². The minimum Gasteiger partial charge on any atom is -0.364 e. The van der Waals surface area contributed by atoms with Gasteiger partial charge < -0.3 is 10.7 Å². The molecular weight excluding hydrogens is 378 g/mol. The normalized spacial score (nSPS) is 11.7. The van der Waals surface area contributed by atoms with Gasteiger partial charge in [-0.05, 0) is 36.1 Å². The van der Waals surface area contributed by atoms with Crippen molar-refractivity contribution in [3.8, 4) is 17.1 Å². The molecule has 0 saturated heterocycles. The second kappa shape index (κ2) is 6.95. The number of rotatable bonds is 3. The van der Waals surface area contributed by atoms with Gasteiger partial charge in [-0.3, -0.25) is 4.79 Å². The molecule has 4 rings (SSSR count). The largest absolute Gasteiger partial charge is 0.364 e. The van der Waals surface area contributed by atoms with Crippen LogP contribution >= 0.6 is 0 Å². The average Bonchev–Trinajstić information content (AvgIpc) is 3.02. The molecule has 30 heavy (non-hydrogen) atoms. The minimum absolute atomic E-state index is 0.0106. The lowest BCUT2D eigenvalue weighted by Gasteiger charge is -2.19. The highest BCUT2D eigenvalue weighted by atomic mass is 16.2. The second-order valence-electron chi connectivity index (χ2n) is 8.39. The molecule has 0 unspecified atom stereocenters. The van der Waals surface area contributed by atoms with E-state index in [1.807, 2.05) is 55.5 Å². The molecule has 7 heteroatoms. The van der Waals surface area contributed by atoms with Crippen LogP contribution < -0.4 is 11.4 Å². The Morgan fingerprint density at radius 2 is 1.77 bits per heavy atom. The summed E-state index contributed by atoms with van der Waals surface area (Å²) in [6, 6.07) is 15.3. The lowest BCUT2D eigenvalue weighted by atomic mass is 9.87. The van der Waals surface area contributed by atoms with Crippen molar-refractivity contribution in [2.75, 3.05) is 0 Å². The summed E-state index contributed by atoms with van der Waals surface area (Å²) in [5.74, 6) is -0.396. The number of nitrogens with one attached hydrogen (secondary N) is 1. The molecule has 0 spiro atoms. The summed E-state index contributed by atoms with van der Waals surface area (Å²) in [4.78, 5) is 36.5. The van der Waals surface area contributed by atoms with E-state index in [4.69, 9.17) is 5.73 Å². The Hall–Kier alpha value is -3.74. The van der Waals surface area contributed by atoms with Crippen LogP contribution in [-0.4, -0.2) is 25.4 Å². The van der Waals surface area contributed by atoms with Crippen molar-refractivity contribution in [2.45, 2.75) is 33.1 Å². The van der Waals surface area contributed by atoms with Gasteiger partial charge in [-0.15, -0.1) is 0 Å². The smallest absolute Gasteiger partial charge is 0.332 e. The van der Waals surface area contributed by atoms with E-state index in [1.54, 1.807) is 0 Å². The van der Waals surface area contributed by atoms with Gasteiger partial charge in [-0.1, -0.05) is 56.7 Å². The summed E-state index contributed by atoms with van der Waals surface area (Å²) in [5, 5.41) is 0. The lowest BCUT2D eigenvalue weighted by molar-refractivity contribution is 0.0997. The Morgan fingerprint density at radius 1 is 1.07 bits per heavy atom. The molecule has 152 valence electrons. The fourth-order valence-electron chi connectivity index (χ4n) is 3.43. The Balaban J connectivity index is 1.98. The first-order valence-corrected chi connectivity index (χ1v) is 9.65. The van der Waals surface area contributed by atoms with Gasteiger partial charge in [0.25, 0.3) is 5.91 Å². The molecule has 2 aromatic carbocycles. The molecule has 7 nitrogen and oxygen atoms in total. The summed E-state index contributed by atoms with van der Waals surface area (Å²) in [6.45, 7) is 8.33. The van der Waals surface area contributed by atoms with Crippen LogP contribution in [0.4, 0.5) is 0 Å². The molecule has 0 saturated carbocycles. The number of primary amides is 1. The van der Waals surface area contributed by atoms with E-state index in [0.29, 0.717) is 17.2 Å². The summed E-state index contributed by atoms with van der Waals surface area (Å²) in [7, 11) is 0. The van der Waals surface area contributed by atoms with Gasteiger partial charge in [-0.25, -0.2) is 19.3 Å². The SMILES string of the molecule is Cc1cccc(-c2nc(C(N)=O)c3[nH]c(=O)n(-c4ccc(C(C)(C)C)cc4)c3n2)c1. The Kier molecular flexibility index (Phi) is 4.53. The number of aromatic nitrogens is 4. The molecule has 2 heterocycles. The first-order valence-electron chi connectivity index (χ1n) is 9.65. The number of nitrogens with zero attached hydrogens (tertiary/aromatic N) is 3. The van der Waals surface area contributed by atoms with Crippen molar-refractivity contribution in [1.29, 1.82) is 0 Å². The maximum atomic E-state index is 12.8. The van der Waals surface area contributed by atoms with Gasteiger partial charge in [0.1, 0.15) is 5.52 Å². The molecular formula is C23H23N5O2. The number of hydrogen-bond acceptors (Lipinski definition) is 4. The fourth-order valence-corrected chi connectivity index (χ4v) is 3.43. The van der Waals surface area contributed by atoms with E-state index >= 15 is 0 Å². The highest BCUT2D eigenvalue weighted by Gasteiger charge is 2.21. The first-order chi connectivity index (χ1) is 14.1. The van der Waals surface area contributed by atoms with Gasteiger partial charge >= 0.3 is 5.69 Å². The molecule has 3 N–H and O–H groups in total. The van der Waals surface area contributed by atoms with Crippen molar-refractivity contribution in [3.63, 3.8) is 0 Å². The predicted molar refractivity (Wildman–Crippen MR) is 117 cm³/mol. The number of H-pyrrole nitrogens is 1. The van der Waals surface area contributed by atoms with E-state index in [9.17, 15) is 9.59 Å². The lowest BCUT2D eigenvalue weighted by Crippen LogP contribution is -2.16. The summed E-state index contributed by atoms with van der Waals surface area (Å²) in [6.07, 6.45) is 0. The minimum atomic E-state index is -0.729. The van der Waals surface area contributed by atoms with Crippen LogP contribution in [-0.2, 0) is 5.41 Å². The van der Waals surface area contributed by atoms with E-state index in [1.165, 1.54) is 4.57 Å². The molecule has 0 bridgehead atoms. The Morgan fingerprint density at radius 3 is 2.37 bits per heavy atom. The number of carbonyl (C=O) groups excluding carboxylic acids is 1. The summed E-state index contributed by atoms with van der Waals surface area (Å²) < 4.78 is 1.44. The zero-order chi connectivity index (χ0) is 21.6. The van der Waals surface area contributed by atoms with Crippen LogP contribution in [0.1, 0.15) is 42.4 Å². The zero-order valence-corrected chi connectivity index (χ0v) is 17.4. The number of aromatic amines is 1. The molecule has 1 amide bonds. The molecule has 0 fully saturated rings. The van der Waals surface area contributed by atoms with Crippen LogP contribution in [0.25, 0.3) is 28.2 Å². The maximum Gasteiger partial charge on any atom is 0.332 e. The number of benzene rings is 2. The number of nitrogens with two attached hydrogens (primary N) is 1. The van der Waals surface area contributed by atoms with Crippen LogP contribution in [0.3, 0.4) is 0 Å². The third-order valence-electron chi connectivity index (χ3n) is 5.04. The standard InChI is InChI=1S/C23H23N5O2/c1-13-6-5-7-14(12-13)20-25-17(19(24)29)18-21(27-20)28(22(30)26-18)16-10-8-15(9-11-16)23(2,3)4/h5-12H,1-4H3,(H2,24,29)(H,26,30). The van der Waals surface area contributed by atoms with E-state index in [-0.39, 0.29) is 16.6 Å². The molecule has 2 aromatic heterocycles. The highest BCUT2D eigenvalue weighted by molar-refractivity contribution is 6.02. The average molecular weight is 401 g/mol. The number of fused-ring (bicyclic) bond motifs is 1. The van der Waals surface area contributed by atoms with Gasteiger partial charge in [0.2, 0.25) is 0 Å². The van der Waals surface area contributed by atoms with E-state index < -0.39 is 11.6 Å². The first kappa shape index (κ1) is 19.6. The van der Waals surface area contributed by atoms with Crippen LogP contribution in [0.2, 0.25) is 0 Å². The van der Waals surface area contributed by atoms with Crippen molar-refractivity contribution in [1.82, 2.24) is 19.5 Å². The highest BCUT2D eigenvalue weighted by Crippen LogP contribution is 2.25. The maximum absolute atomic E-state index is 12.8. The topological polar surface area (TPSA) is 107 Å². The third kappa shape index (κ3) is 3.39. The van der Waals surface area contributed by atoms with Crippen molar-refractivity contribution < 1.29 is 4.79 Å². The van der Waals surface area contributed by atoms with Crippen molar-refractivity contribution in [3.05, 3.63) is 75.8 Å². The summed E-state index contributed by atoms with van der Waals surface area (Å²) >= 11 is 0. The zero-order valence-electron chi connectivity index (χ0n) is 17.4. The second-order valence-corrected chi connectivity index (χ2v) is 8.39. The van der Waals surface area contributed by atoms with Gasteiger partial charge in [0.15, 0.2) is 17.2 Å². The Bertz CT molecular complexity index is 1320. The number of carbonyl (C=O) groups is 1. The Labute approximate surface area is 173 Å². The molecule has 0 atom stereocenters. The van der Waals surface area contributed by atoms with Crippen LogP contribution in [0.15, 0.2) is 53.3 Å². The van der Waals surface area contributed by atoms with Gasteiger partial charge in [0.05, 0.1) is 5.69 Å².